The lowest BCUT2D eigenvalue weighted by Crippen LogP contribution is -2.33. The molecule has 1 heterocycles. The summed E-state index contributed by atoms with van der Waals surface area (Å²) >= 11 is 5.66. The van der Waals surface area contributed by atoms with Gasteiger partial charge in [0.25, 0.3) is 0 Å². The molecule has 0 spiro atoms. The fourth-order valence-corrected chi connectivity index (χ4v) is 1.54. The smallest absolute Gasteiger partial charge is 0.242 e. The van der Waals surface area contributed by atoms with Crippen LogP contribution in [0.5, 0.6) is 0 Å². The molecule has 0 saturated carbocycles. The lowest BCUT2D eigenvalue weighted by molar-refractivity contribution is -0.131. The van der Waals surface area contributed by atoms with Gasteiger partial charge in [-0.1, -0.05) is 0 Å². The van der Waals surface area contributed by atoms with Crippen LogP contribution in [-0.4, -0.2) is 38.7 Å². The minimum atomic E-state index is 0.0613. The number of aromatic nitrogens is 3. The van der Waals surface area contributed by atoms with E-state index in [0.717, 1.165) is 0 Å². The van der Waals surface area contributed by atoms with Gasteiger partial charge >= 0.3 is 0 Å². The molecular weight excluding hydrogens is 216 g/mol. The van der Waals surface area contributed by atoms with Crippen LogP contribution in [0.3, 0.4) is 0 Å². The van der Waals surface area contributed by atoms with E-state index in [1.807, 2.05) is 13.8 Å². The van der Waals surface area contributed by atoms with Crippen LogP contribution in [0.1, 0.15) is 19.7 Å². The molecule has 1 rings (SSSR count). The number of hydrogen-bond acceptors (Lipinski definition) is 3. The fourth-order valence-electron chi connectivity index (χ4n) is 1.34. The van der Waals surface area contributed by atoms with Gasteiger partial charge in [-0.05, 0) is 13.8 Å². The number of hydrogen-bond donors (Lipinski definition) is 0. The highest BCUT2D eigenvalue weighted by atomic mass is 35.5. The summed E-state index contributed by atoms with van der Waals surface area (Å²) in [5.41, 5.74) is 0. The molecule has 0 radical (unpaired) electrons. The van der Waals surface area contributed by atoms with Gasteiger partial charge in [0.15, 0.2) is 0 Å². The van der Waals surface area contributed by atoms with Gasteiger partial charge in [-0.15, -0.1) is 21.8 Å². The van der Waals surface area contributed by atoms with Crippen LogP contribution in [0.2, 0.25) is 0 Å². The number of carbonyl (C=O) groups is 1. The summed E-state index contributed by atoms with van der Waals surface area (Å²) < 4.78 is 1.67. The number of nitrogens with zero attached hydrogens (tertiary/aromatic N) is 4. The molecule has 5 nitrogen and oxygen atoms in total. The number of halogens is 1. The van der Waals surface area contributed by atoms with E-state index >= 15 is 0 Å². The molecule has 0 aliphatic carbocycles. The Morgan fingerprint density at radius 1 is 1.53 bits per heavy atom. The standard InChI is InChI=1S/C9H15ClN4O/c1-3-13(4-2)9(15)6-14-7-11-12-8(14)5-10/h7H,3-6H2,1-2H3. The summed E-state index contributed by atoms with van der Waals surface area (Å²) in [6, 6.07) is 0. The highest BCUT2D eigenvalue weighted by Crippen LogP contribution is 2.01. The number of alkyl halides is 1. The molecule has 0 fully saturated rings. The largest absolute Gasteiger partial charge is 0.342 e. The number of carbonyl (C=O) groups excluding carboxylic acids is 1. The van der Waals surface area contributed by atoms with Crippen molar-refractivity contribution in [1.82, 2.24) is 19.7 Å². The van der Waals surface area contributed by atoms with Crippen molar-refractivity contribution < 1.29 is 4.79 Å². The zero-order valence-electron chi connectivity index (χ0n) is 8.98. The number of likely N-dealkylation sites (N-methyl/N-ethyl adjacent to an activating group) is 1. The Morgan fingerprint density at radius 2 is 2.20 bits per heavy atom. The van der Waals surface area contributed by atoms with Crippen LogP contribution in [-0.2, 0) is 17.2 Å². The maximum Gasteiger partial charge on any atom is 0.242 e. The third-order valence-electron chi connectivity index (χ3n) is 2.24. The van der Waals surface area contributed by atoms with E-state index in [1.54, 1.807) is 9.47 Å². The minimum absolute atomic E-state index is 0.0613. The minimum Gasteiger partial charge on any atom is -0.342 e. The van der Waals surface area contributed by atoms with E-state index in [4.69, 9.17) is 11.6 Å². The molecule has 1 amide bonds. The van der Waals surface area contributed by atoms with Crippen molar-refractivity contribution in [1.29, 1.82) is 0 Å². The monoisotopic (exact) mass is 230 g/mol. The van der Waals surface area contributed by atoms with E-state index in [9.17, 15) is 4.79 Å². The van der Waals surface area contributed by atoms with E-state index in [2.05, 4.69) is 10.2 Å². The third-order valence-corrected chi connectivity index (χ3v) is 2.48. The highest BCUT2D eigenvalue weighted by Gasteiger charge is 2.12. The Kier molecular flexibility index (Phi) is 4.55. The first-order valence-electron chi connectivity index (χ1n) is 4.93. The summed E-state index contributed by atoms with van der Waals surface area (Å²) in [7, 11) is 0. The highest BCUT2D eigenvalue weighted by molar-refractivity contribution is 6.16. The second kappa shape index (κ2) is 5.70. The van der Waals surface area contributed by atoms with Gasteiger partial charge in [-0.25, -0.2) is 0 Å². The van der Waals surface area contributed by atoms with Crippen molar-refractivity contribution in [2.75, 3.05) is 13.1 Å². The molecule has 0 atom stereocenters. The van der Waals surface area contributed by atoms with Crippen molar-refractivity contribution in [3.8, 4) is 0 Å². The molecular formula is C9H15ClN4O. The van der Waals surface area contributed by atoms with Crippen molar-refractivity contribution in [2.24, 2.45) is 0 Å². The Balaban J connectivity index is 2.65. The van der Waals surface area contributed by atoms with Crippen LogP contribution < -0.4 is 0 Å². The second-order valence-corrected chi connectivity index (χ2v) is 3.34. The molecule has 15 heavy (non-hydrogen) atoms. The SMILES string of the molecule is CCN(CC)C(=O)Cn1cnnc1CCl. The van der Waals surface area contributed by atoms with Gasteiger partial charge < -0.3 is 9.47 Å². The first-order valence-corrected chi connectivity index (χ1v) is 5.46. The molecule has 0 aromatic carbocycles. The molecule has 0 aliphatic heterocycles. The topological polar surface area (TPSA) is 51.0 Å². The van der Waals surface area contributed by atoms with E-state index in [1.165, 1.54) is 6.33 Å². The van der Waals surface area contributed by atoms with Gasteiger partial charge in [-0.2, -0.15) is 0 Å². The van der Waals surface area contributed by atoms with Crippen LogP contribution in [0, 0.1) is 0 Å². The van der Waals surface area contributed by atoms with Crippen molar-refractivity contribution in [2.45, 2.75) is 26.3 Å². The van der Waals surface area contributed by atoms with Gasteiger partial charge in [-0.3, -0.25) is 4.79 Å². The lowest BCUT2D eigenvalue weighted by Gasteiger charge is -2.18. The molecule has 1 aromatic heterocycles. The van der Waals surface area contributed by atoms with Crippen molar-refractivity contribution in [3.63, 3.8) is 0 Å². The fraction of sp³-hybridized carbons (Fsp3) is 0.667. The molecule has 84 valence electrons. The Bertz CT molecular complexity index is 322. The normalized spacial score (nSPS) is 10.3. The van der Waals surface area contributed by atoms with Crippen LogP contribution in [0.4, 0.5) is 0 Å². The summed E-state index contributed by atoms with van der Waals surface area (Å²) in [5.74, 6) is 0.953. The third kappa shape index (κ3) is 2.92. The van der Waals surface area contributed by atoms with Crippen molar-refractivity contribution in [3.05, 3.63) is 12.2 Å². The molecule has 0 bridgehead atoms. The summed E-state index contributed by atoms with van der Waals surface area (Å²) in [6.07, 6.45) is 1.53. The van der Waals surface area contributed by atoms with E-state index in [-0.39, 0.29) is 18.3 Å². The Labute approximate surface area is 94.0 Å². The number of amides is 1. The van der Waals surface area contributed by atoms with Gasteiger partial charge in [0.05, 0.1) is 5.88 Å². The second-order valence-electron chi connectivity index (χ2n) is 3.07. The first-order chi connectivity index (χ1) is 7.22. The maximum absolute atomic E-state index is 11.7. The predicted octanol–water partition coefficient (Wildman–Crippen LogP) is 0.885. The number of rotatable bonds is 5. The Morgan fingerprint density at radius 3 is 2.73 bits per heavy atom. The molecule has 0 saturated heterocycles. The summed E-state index contributed by atoms with van der Waals surface area (Å²) in [4.78, 5) is 13.5. The quantitative estimate of drug-likeness (QED) is 0.706. The first kappa shape index (κ1) is 12.0. The molecule has 0 aliphatic rings. The lowest BCUT2D eigenvalue weighted by atomic mass is 10.4. The van der Waals surface area contributed by atoms with Gasteiger partial charge in [0.1, 0.15) is 18.7 Å². The zero-order valence-corrected chi connectivity index (χ0v) is 9.74. The average Bonchev–Trinajstić information content (AvgIpc) is 2.67. The van der Waals surface area contributed by atoms with Crippen molar-refractivity contribution >= 4 is 17.5 Å². The van der Waals surface area contributed by atoms with Crippen LogP contribution in [0.15, 0.2) is 6.33 Å². The van der Waals surface area contributed by atoms with E-state index in [0.29, 0.717) is 18.9 Å². The molecule has 0 N–H and O–H groups in total. The summed E-state index contributed by atoms with van der Waals surface area (Å²) in [6.45, 7) is 5.60. The average molecular weight is 231 g/mol. The molecule has 1 aromatic rings. The summed E-state index contributed by atoms with van der Waals surface area (Å²) in [5, 5.41) is 7.52. The van der Waals surface area contributed by atoms with Crippen LogP contribution in [0.25, 0.3) is 0 Å². The molecule has 0 unspecified atom stereocenters. The predicted molar refractivity (Wildman–Crippen MR) is 57.5 cm³/mol. The molecule has 6 heteroatoms. The maximum atomic E-state index is 11.7. The van der Waals surface area contributed by atoms with Gasteiger partial charge in [0, 0.05) is 13.1 Å². The van der Waals surface area contributed by atoms with Gasteiger partial charge in [0.2, 0.25) is 5.91 Å². The Hall–Kier alpha value is -1.10. The van der Waals surface area contributed by atoms with Crippen LogP contribution >= 0.6 is 11.6 Å². The van der Waals surface area contributed by atoms with E-state index < -0.39 is 0 Å². The zero-order chi connectivity index (χ0) is 11.3.